The Labute approximate surface area is 245 Å². The van der Waals surface area contributed by atoms with Crippen LogP contribution < -0.4 is 10.6 Å². The second-order valence-electron chi connectivity index (χ2n) is 10.4. The number of amides is 2. The third-order valence-electron chi connectivity index (χ3n) is 6.25. The first kappa shape index (κ1) is 28.3. The fourth-order valence-corrected chi connectivity index (χ4v) is 5.97. The monoisotopic (exact) mass is 601 g/mol. The topological polar surface area (TPSA) is 125 Å². The summed E-state index contributed by atoms with van der Waals surface area (Å²) >= 11 is 14.4. The number of H-pyrrole nitrogens is 1. The Morgan fingerprint density at radius 1 is 1.20 bits per heavy atom. The van der Waals surface area contributed by atoms with Crippen molar-refractivity contribution < 1.29 is 14.3 Å². The average Bonchev–Trinajstić information content (AvgIpc) is 3.53. The molecular weight excluding hydrogens is 573 g/mol. The lowest BCUT2D eigenvalue weighted by Gasteiger charge is -2.26. The van der Waals surface area contributed by atoms with Crippen molar-refractivity contribution in [1.82, 2.24) is 30.2 Å². The largest absolute Gasteiger partial charge is 0.444 e. The molecule has 1 saturated heterocycles. The van der Waals surface area contributed by atoms with Crippen molar-refractivity contribution in [3.8, 4) is 0 Å². The van der Waals surface area contributed by atoms with Crippen LogP contribution in [0.1, 0.15) is 49.9 Å². The van der Waals surface area contributed by atoms with E-state index in [0.29, 0.717) is 33.9 Å². The number of nitrogens with one attached hydrogen (secondary N) is 3. The molecule has 0 radical (unpaired) electrons. The van der Waals surface area contributed by atoms with Crippen molar-refractivity contribution in [1.29, 1.82) is 0 Å². The quantitative estimate of drug-likeness (QED) is 0.245. The Kier molecular flexibility index (Phi) is 7.98. The number of carbonyl (C=O) groups is 2. The Morgan fingerprint density at radius 2 is 2.00 bits per heavy atom. The molecule has 210 valence electrons. The van der Waals surface area contributed by atoms with Crippen LogP contribution in [-0.2, 0) is 4.74 Å². The summed E-state index contributed by atoms with van der Waals surface area (Å²) in [4.78, 5) is 44.1. The van der Waals surface area contributed by atoms with Crippen LogP contribution in [0.3, 0.4) is 0 Å². The summed E-state index contributed by atoms with van der Waals surface area (Å²) in [5, 5.41) is 7.48. The first-order chi connectivity index (χ1) is 19.0. The molecule has 5 rings (SSSR count). The summed E-state index contributed by atoms with van der Waals surface area (Å²) in [7, 11) is 0. The highest BCUT2D eigenvalue weighted by Gasteiger charge is 2.32. The highest BCUT2D eigenvalue weighted by atomic mass is 35.5. The molecule has 4 aromatic rings. The van der Waals surface area contributed by atoms with Crippen molar-refractivity contribution in [3.63, 3.8) is 0 Å². The SMILES string of the molecule is C[C@H](Nc1ncnc2cc(C(=O)N3CCSC3CNC(=O)OC(C)(C)C)c(Cl)cc12)c1nc2ccc(Cl)cc2[nH]1. The zero-order valence-corrected chi connectivity index (χ0v) is 24.7. The summed E-state index contributed by atoms with van der Waals surface area (Å²) in [5.41, 5.74) is 1.96. The molecule has 13 heteroatoms. The van der Waals surface area contributed by atoms with Gasteiger partial charge in [0.1, 0.15) is 23.6 Å². The number of halogens is 2. The summed E-state index contributed by atoms with van der Waals surface area (Å²) < 4.78 is 5.32. The molecule has 0 saturated carbocycles. The van der Waals surface area contributed by atoms with Gasteiger partial charge in [-0.15, -0.1) is 11.8 Å². The minimum atomic E-state index is -0.602. The van der Waals surface area contributed by atoms with Crippen LogP contribution in [0.15, 0.2) is 36.7 Å². The summed E-state index contributed by atoms with van der Waals surface area (Å²) in [5.74, 6) is 1.81. The summed E-state index contributed by atoms with van der Waals surface area (Å²) in [6.45, 7) is 8.16. The van der Waals surface area contributed by atoms with E-state index < -0.39 is 11.7 Å². The second-order valence-corrected chi connectivity index (χ2v) is 12.6. The van der Waals surface area contributed by atoms with Gasteiger partial charge < -0.3 is 25.3 Å². The third-order valence-corrected chi connectivity index (χ3v) is 8.02. The maximum absolute atomic E-state index is 13.6. The number of hydrogen-bond donors (Lipinski definition) is 3. The molecule has 0 aliphatic carbocycles. The van der Waals surface area contributed by atoms with Gasteiger partial charge in [-0.1, -0.05) is 23.2 Å². The average molecular weight is 603 g/mol. The number of carbonyl (C=O) groups excluding carboxylic acids is 2. The zero-order chi connectivity index (χ0) is 28.6. The number of benzene rings is 2. The molecule has 1 fully saturated rings. The van der Waals surface area contributed by atoms with Crippen molar-refractivity contribution in [2.24, 2.45) is 0 Å². The van der Waals surface area contributed by atoms with Crippen molar-refractivity contribution in [2.75, 3.05) is 24.2 Å². The van der Waals surface area contributed by atoms with Gasteiger partial charge in [-0.25, -0.2) is 19.7 Å². The number of anilines is 1. The van der Waals surface area contributed by atoms with Crippen molar-refractivity contribution in [2.45, 2.75) is 44.7 Å². The standard InChI is InChI=1S/C27H29Cl2N7O3S/c1-14(23-34-19-6-5-15(28)9-21(19)35-23)33-24-17-10-18(29)16(11-20(17)31-13-32-24)25(37)36-7-8-40-22(36)12-30-26(38)39-27(2,3)4/h5-6,9-11,13-14,22H,7-8,12H2,1-4H3,(H,30,38)(H,34,35)(H,31,32,33)/t14-,22?/m0/s1. The van der Waals surface area contributed by atoms with Crippen LogP contribution >= 0.6 is 35.0 Å². The minimum Gasteiger partial charge on any atom is -0.444 e. The molecule has 2 aromatic carbocycles. The van der Waals surface area contributed by atoms with Crippen LogP contribution in [0, 0.1) is 0 Å². The number of rotatable bonds is 6. The van der Waals surface area contributed by atoms with Gasteiger partial charge in [-0.05, 0) is 58.0 Å². The lowest BCUT2D eigenvalue weighted by Crippen LogP contribution is -2.43. The molecule has 2 atom stereocenters. The normalized spacial score (nSPS) is 16.4. The van der Waals surface area contributed by atoms with E-state index in [1.165, 1.54) is 6.33 Å². The van der Waals surface area contributed by atoms with Gasteiger partial charge in [0.25, 0.3) is 5.91 Å². The molecule has 2 aromatic heterocycles. The minimum absolute atomic E-state index is 0.218. The van der Waals surface area contributed by atoms with Gasteiger partial charge in [-0.2, -0.15) is 0 Å². The molecule has 10 nitrogen and oxygen atoms in total. The van der Waals surface area contributed by atoms with E-state index in [9.17, 15) is 9.59 Å². The molecule has 40 heavy (non-hydrogen) atoms. The van der Waals surface area contributed by atoms with Gasteiger partial charge in [-0.3, -0.25) is 4.79 Å². The second kappa shape index (κ2) is 11.3. The predicted octanol–water partition coefficient (Wildman–Crippen LogP) is 6.03. The predicted molar refractivity (Wildman–Crippen MR) is 159 cm³/mol. The molecule has 1 aliphatic heterocycles. The Morgan fingerprint density at radius 3 is 2.77 bits per heavy atom. The van der Waals surface area contributed by atoms with Crippen molar-refractivity contribution in [3.05, 3.63) is 58.1 Å². The number of imidazole rings is 1. The van der Waals surface area contributed by atoms with Crippen LogP contribution in [0.5, 0.6) is 0 Å². The Bertz CT molecular complexity index is 1590. The van der Waals surface area contributed by atoms with E-state index in [-0.39, 0.29) is 28.9 Å². The lowest BCUT2D eigenvalue weighted by molar-refractivity contribution is 0.0511. The van der Waals surface area contributed by atoms with Crippen LogP contribution in [0.2, 0.25) is 10.0 Å². The molecular formula is C27H29Cl2N7O3S. The Balaban J connectivity index is 1.34. The molecule has 2 amide bonds. The highest BCUT2D eigenvalue weighted by Crippen LogP contribution is 2.32. The number of thioether (sulfide) groups is 1. The van der Waals surface area contributed by atoms with E-state index in [4.69, 9.17) is 27.9 Å². The first-order valence-electron chi connectivity index (χ1n) is 12.7. The smallest absolute Gasteiger partial charge is 0.407 e. The highest BCUT2D eigenvalue weighted by molar-refractivity contribution is 8.00. The molecule has 3 heterocycles. The summed E-state index contributed by atoms with van der Waals surface area (Å²) in [6.07, 6.45) is 0.922. The van der Waals surface area contributed by atoms with Gasteiger partial charge >= 0.3 is 6.09 Å². The fraction of sp³-hybridized carbons (Fsp3) is 0.370. The number of ether oxygens (including phenoxy) is 1. The number of aromatic nitrogens is 4. The fourth-order valence-electron chi connectivity index (χ4n) is 4.40. The van der Waals surface area contributed by atoms with Gasteiger partial charge in [0.2, 0.25) is 0 Å². The van der Waals surface area contributed by atoms with Crippen LogP contribution in [-0.4, -0.2) is 66.7 Å². The first-order valence-corrected chi connectivity index (χ1v) is 14.5. The number of fused-ring (bicyclic) bond motifs is 2. The maximum Gasteiger partial charge on any atom is 0.407 e. The van der Waals surface area contributed by atoms with Gasteiger partial charge in [0, 0.05) is 22.7 Å². The summed E-state index contributed by atoms with van der Waals surface area (Å²) in [6, 6.07) is 8.65. The van der Waals surface area contributed by atoms with Gasteiger partial charge in [0.05, 0.1) is 45.1 Å². The van der Waals surface area contributed by atoms with E-state index in [1.807, 2.05) is 19.1 Å². The lowest BCUT2D eigenvalue weighted by atomic mass is 10.1. The number of nitrogens with zero attached hydrogens (tertiary/aromatic N) is 4. The molecule has 1 unspecified atom stereocenters. The zero-order valence-electron chi connectivity index (χ0n) is 22.4. The molecule has 1 aliphatic rings. The molecule has 0 bridgehead atoms. The maximum atomic E-state index is 13.6. The van der Waals surface area contributed by atoms with Crippen LogP contribution in [0.25, 0.3) is 21.9 Å². The number of hydrogen-bond acceptors (Lipinski definition) is 8. The van der Waals surface area contributed by atoms with E-state index in [2.05, 4.69) is 30.6 Å². The van der Waals surface area contributed by atoms with E-state index in [0.717, 1.165) is 22.6 Å². The third kappa shape index (κ3) is 6.21. The van der Waals surface area contributed by atoms with Crippen molar-refractivity contribution >= 4 is 74.7 Å². The van der Waals surface area contributed by atoms with E-state index in [1.54, 1.807) is 55.6 Å². The number of alkyl carbamates (subject to hydrolysis) is 1. The van der Waals surface area contributed by atoms with E-state index >= 15 is 0 Å². The Hall–Kier alpha value is -3.28. The molecule has 3 N–H and O–H groups in total. The number of aromatic amines is 1. The van der Waals surface area contributed by atoms with Gasteiger partial charge in [0.15, 0.2) is 0 Å². The molecule has 0 spiro atoms. The van der Waals surface area contributed by atoms with Crippen LogP contribution in [0.4, 0.5) is 10.6 Å².